The van der Waals surface area contributed by atoms with Gasteiger partial charge in [0.1, 0.15) is 5.75 Å². The number of halogens is 1. The minimum absolute atomic E-state index is 0.0886. The van der Waals surface area contributed by atoms with E-state index in [-0.39, 0.29) is 11.7 Å². The number of benzene rings is 3. The lowest BCUT2D eigenvalue weighted by atomic mass is 10.2. The zero-order valence-electron chi connectivity index (χ0n) is 16.2. The van der Waals surface area contributed by atoms with Gasteiger partial charge in [-0.3, -0.25) is 4.79 Å². The van der Waals surface area contributed by atoms with Crippen LogP contribution in [0.1, 0.15) is 17.5 Å². The standard InChI is InChI=1S/C23H19BrN4O2/c1-2-30-20-14-12-18(13-15-20)25-23(29)21-26-22(16-8-10-17(24)11-9-16)28(27-21)19-6-4-3-5-7-19/h3-15H,2H2,1H3,(H,25,29). The lowest BCUT2D eigenvalue weighted by Crippen LogP contribution is -2.14. The van der Waals surface area contributed by atoms with Gasteiger partial charge in [-0.05, 0) is 55.5 Å². The van der Waals surface area contributed by atoms with E-state index in [1.165, 1.54) is 0 Å². The number of anilines is 1. The molecule has 30 heavy (non-hydrogen) atoms. The fraction of sp³-hybridized carbons (Fsp3) is 0.0870. The molecule has 0 spiro atoms. The summed E-state index contributed by atoms with van der Waals surface area (Å²) >= 11 is 3.45. The maximum absolute atomic E-state index is 12.8. The lowest BCUT2D eigenvalue weighted by Gasteiger charge is -2.06. The van der Waals surface area contributed by atoms with Gasteiger partial charge in [0.05, 0.1) is 12.3 Å². The first-order valence-electron chi connectivity index (χ1n) is 9.46. The fourth-order valence-corrected chi connectivity index (χ4v) is 3.20. The number of para-hydroxylation sites is 1. The number of aromatic nitrogens is 3. The van der Waals surface area contributed by atoms with Gasteiger partial charge >= 0.3 is 0 Å². The molecule has 1 aromatic heterocycles. The quantitative estimate of drug-likeness (QED) is 0.419. The number of carbonyl (C=O) groups is 1. The molecule has 6 nitrogen and oxygen atoms in total. The Balaban J connectivity index is 1.66. The summed E-state index contributed by atoms with van der Waals surface area (Å²) in [7, 11) is 0. The molecule has 0 aliphatic carbocycles. The summed E-state index contributed by atoms with van der Waals surface area (Å²) in [5.41, 5.74) is 2.32. The van der Waals surface area contributed by atoms with Crippen molar-refractivity contribution in [2.45, 2.75) is 6.92 Å². The number of hydrogen-bond acceptors (Lipinski definition) is 4. The first-order valence-corrected chi connectivity index (χ1v) is 10.3. The molecule has 150 valence electrons. The molecule has 0 aliphatic heterocycles. The van der Waals surface area contributed by atoms with Crippen LogP contribution in [0.25, 0.3) is 17.1 Å². The molecule has 0 fully saturated rings. The van der Waals surface area contributed by atoms with Gasteiger partial charge in [0.25, 0.3) is 5.91 Å². The molecule has 0 atom stereocenters. The number of amides is 1. The van der Waals surface area contributed by atoms with Crippen molar-refractivity contribution in [1.29, 1.82) is 0 Å². The van der Waals surface area contributed by atoms with Crippen molar-refractivity contribution in [1.82, 2.24) is 14.8 Å². The Labute approximate surface area is 182 Å². The van der Waals surface area contributed by atoms with Crippen LogP contribution in [-0.2, 0) is 0 Å². The molecule has 3 aromatic carbocycles. The Morgan fingerprint density at radius 2 is 1.70 bits per heavy atom. The minimum atomic E-state index is -0.382. The van der Waals surface area contributed by atoms with E-state index in [1.807, 2.05) is 73.7 Å². The van der Waals surface area contributed by atoms with Crippen LogP contribution in [0.15, 0.2) is 83.3 Å². The van der Waals surface area contributed by atoms with Gasteiger partial charge in [0, 0.05) is 15.7 Å². The Hall–Kier alpha value is -3.45. The van der Waals surface area contributed by atoms with E-state index in [4.69, 9.17) is 4.74 Å². The molecule has 0 saturated carbocycles. The molecule has 4 rings (SSSR count). The predicted octanol–water partition coefficient (Wildman–Crippen LogP) is 5.35. The molecular weight excluding hydrogens is 444 g/mol. The summed E-state index contributed by atoms with van der Waals surface area (Å²) in [4.78, 5) is 17.3. The average molecular weight is 463 g/mol. The largest absolute Gasteiger partial charge is 0.494 e. The molecule has 1 amide bonds. The van der Waals surface area contributed by atoms with E-state index in [0.29, 0.717) is 18.1 Å². The number of nitrogens with one attached hydrogen (secondary N) is 1. The van der Waals surface area contributed by atoms with Gasteiger partial charge in [-0.15, -0.1) is 5.10 Å². The van der Waals surface area contributed by atoms with Gasteiger partial charge < -0.3 is 10.1 Å². The van der Waals surface area contributed by atoms with Crippen LogP contribution in [0.4, 0.5) is 5.69 Å². The first-order chi connectivity index (χ1) is 14.6. The van der Waals surface area contributed by atoms with Crippen molar-refractivity contribution in [2.75, 3.05) is 11.9 Å². The summed E-state index contributed by atoms with van der Waals surface area (Å²) in [5, 5.41) is 7.32. The Morgan fingerprint density at radius 1 is 1.00 bits per heavy atom. The van der Waals surface area contributed by atoms with Gasteiger partial charge in [-0.1, -0.05) is 46.3 Å². The highest BCUT2D eigenvalue weighted by Crippen LogP contribution is 2.24. The van der Waals surface area contributed by atoms with Gasteiger partial charge in [-0.2, -0.15) is 0 Å². The molecule has 0 aliphatic rings. The molecule has 1 heterocycles. The zero-order valence-corrected chi connectivity index (χ0v) is 17.8. The molecule has 0 radical (unpaired) electrons. The fourth-order valence-electron chi connectivity index (χ4n) is 2.93. The third kappa shape index (κ3) is 4.41. The molecule has 0 saturated heterocycles. The number of rotatable bonds is 6. The van der Waals surface area contributed by atoms with E-state index in [2.05, 4.69) is 31.3 Å². The van der Waals surface area contributed by atoms with Crippen LogP contribution >= 0.6 is 15.9 Å². The molecule has 0 bridgehead atoms. The van der Waals surface area contributed by atoms with Crippen molar-refractivity contribution < 1.29 is 9.53 Å². The van der Waals surface area contributed by atoms with E-state index < -0.39 is 0 Å². The predicted molar refractivity (Wildman–Crippen MR) is 120 cm³/mol. The summed E-state index contributed by atoms with van der Waals surface area (Å²) in [6.45, 7) is 2.51. The van der Waals surface area contributed by atoms with Crippen LogP contribution in [0.2, 0.25) is 0 Å². The van der Waals surface area contributed by atoms with E-state index in [1.54, 1.807) is 16.8 Å². The molecule has 4 aromatic rings. The van der Waals surface area contributed by atoms with Crippen LogP contribution in [-0.4, -0.2) is 27.3 Å². The number of hydrogen-bond donors (Lipinski definition) is 1. The molecule has 0 unspecified atom stereocenters. The monoisotopic (exact) mass is 462 g/mol. The molecule has 7 heteroatoms. The number of ether oxygens (including phenoxy) is 1. The van der Waals surface area contributed by atoms with Crippen LogP contribution in [0, 0.1) is 0 Å². The number of carbonyl (C=O) groups excluding carboxylic acids is 1. The lowest BCUT2D eigenvalue weighted by molar-refractivity contribution is 0.101. The average Bonchev–Trinajstić information content (AvgIpc) is 3.22. The van der Waals surface area contributed by atoms with Crippen molar-refractivity contribution >= 4 is 27.5 Å². The summed E-state index contributed by atoms with van der Waals surface area (Å²) in [6, 6.07) is 24.5. The summed E-state index contributed by atoms with van der Waals surface area (Å²) < 4.78 is 8.07. The van der Waals surface area contributed by atoms with Crippen molar-refractivity contribution in [2.24, 2.45) is 0 Å². The van der Waals surface area contributed by atoms with Crippen molar-refractivity contribution in [3.8, 4) is 22.8 Å². The summed E-state index contributed by atoms with van der Waals surface area (Å²) in [5.74, 6) is 1.04. The Kier molecular flexibility index (Phi) is 5.90. The summed E-state index contributed by atoms with van der Waals surface area (Å²) in [6.07, 6.45) is 0. The highest BCUT2D eigenvalue weighted by molar-refractivity contribution is 9.10. The molecular formula is C23H19BrN4O2. The van der Waals surface area contributed by atoms with Gasteiger partial charge in [0.2, 0.25) is 5.82 Å². The van der Waals surface area contributed by atoms with Gasteiger partial charge in [-0.25, -0.2) is 9.67 Å². The Bertz CT molecular complexity index is 1140. The SMILES string of the molecule is CCOc1ccc(NC(=O)c2nc(-c3ccc(Br)cc3)n(-c3ccccc3)n2)cc1. The van der Waals surface area contributed by atoms with Crippen LogP contribution in [0.5, 0.6) is 5.75 Å². The van der Waals surface area contributed by atoms with E-state index in [9.17, 15) is 4.79 Å². The Morgan fingerprint density at radius 3 is 2.37 bits per heavy atom. The second-order valence-corrected chi connectivity index (χ2v) is 7.34. The van der Waals surface area contributed by atoms with Crippen molar-refractivity contribution in [3.63, 3.8) is 0 Å². The minimum Gasteiger partial charge on any atom is -0.494 e. The zero-order chi connectivity index (χ0) is 20.9. The smallest absolute Gasteiger partial charge is 0.295 e. The third-order valence-corrected chi connectivity index (χ3v) is 4.87. The third-order valence-electron chi connectivity index (χ3n) is 4.34. The van der Waals surface area contributed by atoms with Gasteiger partial charge in [0.15, 0.2) is 5.82 Å². The van der Waals surface area contributed by atoms with Crippen LogP contribution < -0.4 is 10.1 Å². The van der Waals surface area contributed by atoms with E-state index in [0.717, 1.165) is 21.5 Å². The first kappa shape index (κ1) is 19.8. The number of nitrogens with zero attached hydrogens (tertiary/aromatic N) is 3. The second-order valence-electron chi connectivity index (χ2n) is 6.42. The maximum atomic E-state index is 12.8. The van der Waals surface area contributed by atoms with E-state index >= 15 is 0 Å². The van der Waals surface area contributed by atoms with Crippen molar-refractivity contribution in [3.05, 3.63) is 89.2 Å². The maximum Gasteiger partial charge on any atom is 0.295 e. The normalized spacial score (nSPS) is 10.6. The van der Waals surface area contributed by atoms with Crippen LogP contribution in [0.3, 0.4) is 0 Å². The highest BCUT2D eigenvalue weighted by atomic mass is 79.9. The topological polar surface area (TPSA) is 69.0 Å². The highest BCUT2D eigenvalue weighted by Gasteiger charge is 2.19. The second kappa shape index (κ2) is 8.92. The molecule has 1 N–H and O–H groups in total.